The van der Waals surface area contributed by atoms with Crippen LogP contribution in [-0.2, 0) is 0 Å². The molecule has 1 saturated carbocycles. The summed E-state index contributed by atoms with van der Waals surface area (Å²) in [5, 5.41) is 4.46. The molecular weight excluding hydrogens is 232 g/mol. The zero-order chi connectivity index (χ0) is 12.5. The van der Waals surface area contributed by atoms with E-state index in [0.717, 1.165) is 11.5 Å². The Labute approximate surface area is 106 Å². The highest BCUT2D eigenvalue weighted by atomic mass is 32.1. The molecule has 1 aromatic rings. The number of hydrogen-bond donors (Lipinski definition) is 2. The van der Waals surface area contributed by atoms with Gasteiger partial charge in [0.25, 0.3) is 0 Å². The molecule has 1 heterocycles. The minimum Gasteiger partial charge on any atom is -0.397 e. The number of nitrogens with one attached hydrogen (secondary N) is 1. The van der Waals surface area contributed by atoms with E-state index in [0.29, 0.717) is 16.0 Å². The molecule has 94 valence electrons. The van der Waals surface area contributed by atoms with Crippen molar-refractivity contribution in [1.29, 1.82) is 0 Å². The second-order valence-electron chi connectivity index (χ2n) is 5.01. The number of thiophene rings is 1. The van der Waals surface area contributed by atoms with Crippen LogP contribution in [0.4, 0.5) is 10.7 Å². The molecule has 0 aliphatic heterocycles. The van der Waals surface area contributed by atoms with Crippen molar-refractivity contribution in [1.82, 2.24) is 0 Å². The molecule has 0 unspecified atom stereocenters. The lowest BCUT2D eigenvalue weighted by Crippen LogP contribution is -2.35. The minimum absolute atomic E-state index is 0.0504. The van der Waals surface area contributed by atoms with Gasteiger partial charge in [-0.2, -0.15) is 0 Å². The molecule has 1 aliphatic rings. The summed E-state index contributed by atoms with van der Waals surface area (Å²) in [7, 11) is 0. The smallest absolute Gasteiger partial charge is 0.171 e. The van der Waals surface area contributed by atoms with Gasteiger partial charge < -0.3 is 11.1 Å². The van der Waals surface area contributed by atoms with Crippen molar-refractivity contribution in [2.75, 3.05) is 17.6 Å². The lowest BCUT2D eigenvalue weighted by atomic mass is 9.67. The maximum Gasteiger partial charge on any atom is 0.171 e. The van der Waals surface area contributed by atoms with E-state index < -0.39 is 0 Å². The average molecular weight is 252 g/mol. The third-order valence-corrected chi connectivity index (χ3v) is 5.09. The van der Waals surface area contributed by atoms with Gasteiger partial charge in [-0.05, 0) is 30.7 Å². The number of hydrogen-bond acceptors (Lipinski definition) is 4. The van der Waals surface area contributed by atoms with Crippen molar-refractivity contribution >= 4 is 27.8 Å². The van der Waals surface area contributed by atoms with E-state index in [1.807, 2.05) is 6.07 Å². The fourth-order valence-corrected chi connectivity index (χ4v) is 3.24. The third-order valence-electron chi connectivity index (χ3n) is 3.88. The summed E-state index contributed by atoms with van der Waals surface area (Å²) in [5.41, 5.74) is 6.89. The fraction of sp³-hybridized carbons (Fsp3) is 0.615. The van der Waals surface area contributed by atoms with Crippen molar-refractivity contribution in [3.8, 4) is 0 Å². The minimum atomic E-state index is 0.0504. The van der Waals surface area contributed by atoms with Crippen LogP contribution in [0.1, 0.15) is 49.2 Å². The van der Waals surface area contributed by atoms with Crippen LogP contribution in [0.15, 0.2) is 6.07 Å². The molecule has 1 aromatic heterocycles. The maximum atomic E-state index is 11.3. The van der Waals surface area contributed by atoms with Gasteiger partial charge in [-0.1, -0.05) is 13.3 Å². The first kappa shape index (κ1) is 12.4. The highest BCUT2D eigenvalue weighted by Gasteiger charge is 2.34. The molecular formula is C13H20N2OS. The second kappa shape index (κ2) is 4.69. The molecule has 4 heteroatoms. The molecule has 0 saturated heterocycles. The third kappa shape index (κ3) is 2.46. The van der Waals surface area contributed by atoms with Crippen LogP contribution in [0.25, 0.3) is 0 Å². The number of carbonyl (C=O) groups is 1. The Kier molecular flexibility index (Phi) is 3.43. The SMILES string of the molecule is CCC1(CNc2cc(N)c(C(C)=O)s2)CCC1. The first-order valence-corrected chi connectivity index (χ1v) is 7.02. The fourth-order valence-electron chi connectivity index (χ4n) is 2.37. The van der Waals surface area contributed by atoms with Crippen molar-refractivity contribution < 1.29 is 4.79 Å². The molecule has 0 radical (unpaired) electrons. The summed E-state index contributed by atoms with van der Waals surface area (Å²) < 4.78 is 0. The summed E-state index contributed by atoms with van der Waals surface area (Å²) in [6.07, 6.45) is 5.20. The van der Waals surface area contributed by atoms with Crippen LogP contribution in [0.3, 0.4) is 0 Å². The second-order valence-corrected chi connectivity index (χ2v) is 6.06. The van der Waals surface area contributed by atoms with Gasteiger partial charge in [0.1, 0.15) is 0 Å². The lowest BCUT2D eigenvalue weighted by Gasteiger charge is -2.41. The molecule has 2 rings (SSSR count). The van der Waals surface area contributed by atoms with Crippen LogP contribution in [-0.4, -0.2) is 12.3 Å². The van der Waals surface area contributed by atoms with Gasteiger partial charge in [0.05, 0.1) is 15.6 Å². The highest BCUT2D eigenvalue weighted by Crippen LogP contribution is 2.44. The summed E-state index contributed by atoms with van der Waals surface area (Å²) >= 11 is 1.47. The largest absolute Gasteiger partial charge is 0.397 e. The Morgan fingerprint density at radius 1 is 1.59 bits per heavy atom. The average Bonchev–Trinajstić information content (AvgIpc) is 2.59. The van der Waals surface area contributed by atoms with Crippen molar-refractivity contribution in [3.63, 3.8) is 0 Å². The number of rotatable bonds is 5. The van der Waals surface area contributed by atoms with E-state index >= 15 is 0 Å². The highest BCUT2D eigenvalue weighted by molar-refractivity contribution is 7.18. The van der Waals surface area contributed by atoms with Gasteiger partial charge in [0, 0.05) is 13.5 Å². The first-order chi connectivity index (χ1) is 8.06. The standard InChI is InChI=1S/C13H20N2OS/c1-3-13(5-4-6-13)8-15-11-7-10(14)12(17-11)9(2)16/h7,15H,3-6,8,14H2,1-2H3. The molecule has 1 fully saturated rings. The van der Waals surface area contributed by atoms with Crippen molar-refractivity contribution in [2.45, 2.75) is 39.5 Å². The van der Waals surface area contributed by atoms with E-state index in [2.05, 4.69) is 12.2 Å². The number of nitrogens with two attached hydrogens (primary N) is 1. The lowest BCUT2D eigenvalue weighted by molar-refractivity contribution is 0.102. The van der Waals surface area contributed by atoms with Crippen LogP contribution in [0.2, 0.25) is 0 Å². The van der Waals surface area contributed by atoms with Gasteiger partial charge in [0.15, 0.2) is 5.78 Å². The Hall–Kier alpha value is -1.03. The van der Waals surface area contributed by atoms with E-state index in [1.165, 1.54) is 37.0 Å². The van der Waals surface area contributed by atoms with Crippen LogP contribution >= 0.6 is 11.3 Å². The van der Waals surface area contributed by atoms with Crippen LogP contribution in [0, 0.1) is 5.41 Å². The molecule has 0 atom stereocenters. The number of anilines is 2. The summed E-state index contributed by atoms with van der Waals surface area (Å²) in [6, 6.07) is 1.88. The normalized spacial score (nSPS) is 17.5. The zero-order valence-corrected chi connectivity index (χ0v) is 11.3. The molecule has 0 amide bonds. The van der Waals surface area contributed by atoms with E-state index in [-0.39, 0.29) is 5.78 Å². The van der Waals surface area contributed by atoms with E-state index in [1.54, 1.807) is 6.92 Å². The zero-order valence-electron chi connectivity index (χ0n) is 10.5. The topological polar surface area (TPSA) is 55.1 Å². The molecule has 0 bridgehead atoms. The monoisotopic (exact) mass is 252 g/mol. The molecule has 3 N–H and O–H groups in total. The van der Waals surface area contributed by atoms with Gasteiger partial charge in [-0.3, -0.25) is 4.79 Å². The van der Waals surface area contributed by atoms with Crippen LogP contribution in [0.5, 0.6) is 0 Å². The number of Topliss-reactive ketones (excluding diaryl/α,β-unsaturated/α-hetero) is 1. The summed E-state index contributed by atoms with van der Waals surface area (Å²) in [6.45, 7) is 4.82. The quantitative estimate of drug-likeness (QED) is 0.788. The number of ketones is 1. The maximum absolute atomic E-state index is 11.3. The van der Waals surface area contributed by atoms with Crippen molar-refractivity contribution in [2.24, 2.45) is 5.41 Å². The predicted molar refractivity (Wildman–Crippen MR) is 73.8 cm³/mol. The Bertz CT molecular complexity index is 416. The van der Waals surface area contributed by atoms with Gasteiger partial charge in [-0.25, -0.2) is 0 Å². The molecule has 0 aromatic carbocycles. The first-order valence-electron chi connectivity index (χ1n) is 6.20. The molecule has 1 aliphatic carbocycles. The van der Waals surface area contributed by atoms with Crippen molar-refractivity contribution in [3.05, 3.63) is 10.9 Å². The number of nitrogen functional groups attached to an aromatic ring is 1. The molecule has 17 heavy (non-hydrogen) atoms. The Morgan fingerprint density at radius 2 is 2.29 bits per heavy atom. The number of carbonyl (C=O) groups excluding carboxylic acids is 1. The molecule has 3 nitrogen and oxygen atoms in total. The van der Waals surface area contributed by atoms with Gasteiger partial charge in [-0.15, -0.1) is 11.3 Å². The Balaban J connectivity index is 1.99. The van der Waals surface area contributed by atoms with Crippen LogP contribution < -0.4 is 11.1 Å². The Morgan fingerprint density at radius 3 is 2.71 bits per heavy atom. The molecule has 0 spiro atoms. The predicted octanol–water partition coefficient (Wildman–Crippen LogP) is 3.53. The van der Waals surface area contributed by atoms with Gasteiger partial charge in [0.2, 0.25) is 0 Å². The van der Waals surface area contributed by atoms with E-state index in [9.17, 15) is 4.79 Å². The van der Waals surface area contributed by atoms with E-state index in [4.69, 9.17) is 5.73 Å². The summed E-state index contributed by atoms with van der Waals surface area (Å²) in [5.74, 6) is 0.0504. The summed E-state index contributed by atoms with van der Waals surface area (Å²) in [4.78, 5) is 12.0. The van der Waals surface area contributed by atoms with Gasteiger partial charge >= 0.3 is 0 Å².